The Bertz CT molecular complexity index is 335. The summed E-state index contributed by atoms with van der Waals surface area (Å²) in [4.78, 5) is 11.0. The number of aliphatic hydroxyl groups excluding tert-OH is 1. The van der Waals surface area contributed by atoms with E-state index in [2.05, 4.69) is 0 Å². The van der Waals surface area contributed by atoms with Crippen LogP contribution in [0, 0.1) is 0 Å². The Kier molecular flexibility index (Phi) is 2.93. The molecule has 0 aliphatic heterocycles. The first-order valence-corrected chi connectivity index (χ1v) is 3.84. The molecule has 5 nitrogen and oxygen atoms in total. The maximum absolute atomic E-state index is 11.0. The lowest BCUT2D eigenvalue weighted by molar-refractivity contribution is 0.0898. The fourth-order valence-corrected chi connectivity index (χ4v) is 1.07. The predicted octanol–water partition coefficient (Wildman–Crippen LogP) is 0.281. The van der Waals surface area contributed by atoms with E-state index in [4.69, 9.17) is 9.84 Å². The summed E-state index contributed by atoms with van der Waals surface area (Å²) in [5, 5.41) is 27.2. The molecule has 1 aromatic rings. The van der Waals surface area contributed by atoms with Crippen molar-refractivity contribution in [1.29, 1.82) is 0 Å². The van der Waals surface area contributed by atoms with Crippen molar-refractivity contribution in [1.82, 2.24) is 0 Å². The van der Waals surface area contributed by atoms with Crippen molar-refractivity contribution >= 4 is 5.78 Å². The molecule has 5 heteroatoms. The van der Waals surface area contributed by atoms with Crippen LogP contribution in [-0.2, 0) is 0 Å². The number of aromatic hydroxyl groups is 2. The Morgan fingerprint density at radius 2 is 1.86 bits per heavy atom. The van der Waals surface area contributed by atoms with Crippen molar-refractivity contribution in [3.8, 4) is 17.2 Å². The molecule has 0 saturated heterocycles. The number of carbonyl (C=O) groups excluding carboxylic acids is 1. The zero-order chi connectivity index (χ0) is 10.7. The molecule has 0 aromatic heterocycles. The van der Waals surface area contributed by atoms with Gasteiger partial charge in [0.25, 0.3) is 0 Å². The first kappa shape index (κ1) is 10.3. The summed E-state index contributed by atoms with van der Waals surface area (Å²) >= 11 is 0. The maximum atomic E-state index is 11.0. The van der Waals surface area contributed by atoms with Crippen LogP contribution in [0.4, 0.5) is 0 Å². The number of rotatable bonds is 3. The highest BCUT2D eigenvalue weighted by molar-refractivity contribution is 6.02. The molecular formula is C9H10O5. The molecule has 0 bridgehead atoms. The quantitative estimate of drug-likeness (QED) is 0.607. The molecule has 0 saturated carbocycles. The first-order chi connectivity index (χ1) is 6.60. The average Bonchev–Trinajstić information content (AvgIpc) is 2.16. The van der Waals surface area contributed by atoms with Gasteiger partial charge in [-0.25, -0.2) is 0 Å². The van der Waals surface area contributed by atoms with Gasteiger partial charge in [0.05, 0.1) is 7.11 Å². The van der Waals surface area contributed by atoms with E-state index >= 15 is 0 Å². The van der Waals surface area contributed by atoms with Gasteiger partial charge in [0.15, 0.2) is 5.78 Å². The van der Waals surface area contributed by atoms with Crippen LogP contribution in [0.15, 0.2) is 12.1 Å². The number of hydrogen-bond donors (Lipinski definition) is 3. The zero-order valence-electron chi connectivity index (χ0n) is 7.52. The number of carbonyl (C=O) groups is 1. The molecule has 0 heterocycles. The van der Waals surface area contributed by atoms with Crippen molar-refractivity contribution in [2.75, 3.05) is 13.7 Å². The van der Waals surface area contributed by atoms with Crippen molar-refractivity contribution in [3.63, 3.8) is 0 Å². The summed E-state index contributed by atoms with van der Waals surface area (Å²) < 4.78 is 4.75. The van der Waals surface area contributed by atoms with Crippen LogP contribution in [-0.4, -0.2) is 34.8 Å². The smallest absolute Gasteiger partial charge is 0.195 e. The topological polar surface area (TPSA) is 87.0 Å². The third kappa shape index (κ3) is 1.77. The molecule has 14 heavy (non-hydrogen) atoms. The number of benzene rings is 1. The Labute approximate surface area is 80.2 Å². The minimum absolute atomic E-state index is 0.231. The van der Waals surface area contributed by atoms with Gasteiger partial charge in [-0.3, -0.25) is 4.79 Å². The van der Waals surface area contributed by atoms with E-state index in [0.717, 1.165) is 0 Å². The van der Waals surface area contributed by atoms with E-state index in [0.29, 0.717) is 0 Å². The Morgan fingerprint density at radius 1 is 1.36 bits per heavy atom. The highest BCUT2D eigenvalue weighted by Gasteiger charge is 2.16. The molecule has 0 unspecified atom stereocenters. The van der Waals surface area contributed by atoms with Crippen molar-refractivity contribution in [3.05, 3.63) is 17.7 Å². The second-order valence-electron chi connectivity index (χ2n) is 2.62. The highest BCUT2D eigenvalue weighted by atomic mass is 16.5. The summed E-state index contributed by atoms with van der Waals surface area (Å²) in [6.07, 6.45) is 0. The fraction of sp³-hybridized carbons (Fsp3) is 0.222. The van der Waals surface area contributed by atoms with Crippen LogP contribution >= 0.6 is 0 Å². The van der Waals surface area contributed by atoms with E-state index in [1.54, 1.807) is 0 Å². The molecule has 1 aromatic carbocycles. The average molecular weight is 198 g/mol. The third-order valence-corrected chi connectivity index (χ3v) is 1.73. The summed E-state index contributed by atoms with van der Waals surface area (Å²) in [5.74, 6) is -1.35. The molecule has 0 aliphatic rings. The molecule has 0 atom stereocenters. The summed E-state index contributed by atoms with van der Waals surface area (Å²) in [6.45, 7) is -0.770. The molecular weight excluding hydrogens is 188 g/mol. The minimum Gasteiger partial charge on any atom is -0.507 e. The number of hydrogen-bond acceptors (Lipinski definition) is 5. The molecule has 0 aliphatic carbocycles. The standard InChI is InChI=1S/C9H10O5/c1-14-5-2-6(11)9(7(12)3-5)8(13)4-10/h2-3,10-12H,4H2,1H3. The van der Waals surface area contributed by atoms with Gasteiger partial charge in [0.2, 0.25) is 0 Å². The number of phenols is 2. The number of Topliss-reactive ketones (excluding diaryl/α,β-unsaturated/α-hetero) is 1. The second-order valence-corrected chi connectivity index (χ2v) is 2.62. The van der Waals surface area contributed by atoms with Gasteiger partial charge >= 0.3 is 0 Å². The van der Waals surface area contributed by atoms with Gasteiger partial charge in [0, 0.05) is 12.1 Å². The van der Waals surface area contributed by atoms with E-state index < -0.39 is 23.9 Å². The fourth-order valence-electron chi connectivity index (χ4n) is 1.07. The Hall–Kier alpha value is -1.75. The number of ether oxygens (including phenoxy) is 1. The lowest BCUT2D eigenvalue weighted by Crippen LogP contribution is -2.05. The van der Waals surface area contributed by atoms with E-state index in [-0.39, 0.29) is 11.3 Å². The lowest BCUT2D eigenvalue weighted by Gasteiger charge is -2.07. The number of ketones is 1. The Morgan fingerprint density at radius 3 is 2.21 bits per heavy atom. The molecule has 0 fully saturated rings. The lowest BCUT2D eigenvalue weighted by atomic mass is 10.1. The SMILES string of the molecule is COc1cc(O)c(C(=O)CO)c(O)c1. The largest absolute Gasteiger partial charge is 0.507 e. The third-order valence-electron chi connectivity index (χ3n) is 1.73. The summed E-state index contributed by atoms with van der Waals surface area (Å²) in [5.41, 5.74) is -0.298. The van der Waals surface area contributed by atoms with Crippen molar-refractivity contribution in [2.24, 2.45) is 0 Å². The molecule has 0 spiro atoms. The zero-order valence-corrected chi connectivity index (χ0v) is 7.52. The molecule has 0 amide bonds. The van der Waals surface area contributed by atoms with Gasteiger partial charge in [-0.05, 0) is 0 Å². The van der Waals surface area contributed by atoms with E-state index in [1.165, 1.54) is 19.2 Å². The maximum Gasteiger partial charge on any atom is 0.195 e. The highest BCUT2D eigenvalue weighted by Crippen LogP contribution is 2.32. The van der Waals surface area contributed by atoms with Gasteiger partial charge < -0.3 is 20.1 Å². The van der Waals surface area contributed by atoms with Gasteiger partial charge in [-0.2, -0.15) is 0 Å². The Balaban J connectivity index is 3.25. The monoisotopic (exact) mass is 198 g/mol. The molecule has 0 radical (unpaired) electrons. The molecule has 3 N–H and O–H groups in total. The van der Waals surface area contributed by atoms with Gasteiger partial charge in [0.1, 0.15) is 29.4 Å². The number of phenolic OH excluding ortho intramolecular Hbond substituents is 2. The number of aliphatic hydroxyl groups is 1. The number of methoxy groups -OCH3 is 1. The minimum atomic E-state index is -0.770. The summed E-state index contributed by atoms with van der Waals surface area (Å²) in [6, 6.07) is 2.37. The predicted molar refractivity (Wildman–Crippen MR) is 47.7 cm³/mol. The van der Waals surface area contributed by atoms with Crippen LogP contribution in [0.1, 0.15) is 10.4 Å². The van der Waals surface area contributed by atoms with Crippen molar-refractivity contribution in [2.45, 2.75) is 0 Å². The van der Waals surface area contributed by atoms with Crippen LogP contribution in [0.25, 0.3) is 0 Å². The summed E-state index contributed by atoms with van der Waals surface area (Å²) in [7, 11) is 1.36. The van der Waals surface area contributed by atoms with Crippen LogP contribution in [0.5, 0.6) is 17.2 Å². The van der Waals surface area contributed by atoms with E-state index in [1.807, 2.05) is 0 Å². The van der Waals surface area contributed by atoms with Crippen LogP contribution < -0.4 is 4.74 Å². The van der Waals surface area contributed by atoms with Crippen LogP contribution in [0.3, 0.4) is 0 Å². The molecule has 76 valence electrons. The molecule has 1 rings (SSSR count). The first-order valence-electron chi connectivity index (χ1n) is 3.84. The second kappa shape index (κ2) is 3.97. The van der Waals surface area contributed by atoms with Gasteiger partial charge in [-0.1, -0.05) is 0 Å². The normalized spacial score (nSPS) is 9.86. The van der Waals surface area contributed by atoms with E-state index in [9.17, 15) is 15.0 Å². The van der Waals surface area contributed by atoms with Crippen molar-refractivity contribution < 1.29 is 24.9 Å². The van der Waals surface area contributed by atoms with Gasteiger partial charge in [-0.15, -0.1) is 0 Å². The van der Waals surface area contributed by atoms with Crippen LogP contribution in [0.2, 0.25) is 0 Å².